The number of aryl methyl sites for hydroxylation is 1. The Kier molecular flexibility index (Phi) is 7.35. The second-order valence-electron chi connectivity index (χ2n) is 10.3. The molecule has 0 saturated carbocycles. The predicted molar refractivity (Wildman–Crippen MR) is 144 cm³/mol. The van der Waals surface area contributed by atoms with Crippen LogP contribution >= 0.6 is 0 Å². The lowest BCUT2D eigenvalue weighted by Crippen LogP contribution is -2.58. The number of urea groups is 1. The third kappa shape index (κ3) is 5.15. The van der Waals surface area contributed by atoms with Crippen molar-refractivity contribution in [3.63, 3.8) is 0 Å². The number of nitrogens with zero attached hydrogens (tertiary/aromatic N) is 4. The van der Waals surface area contributed by atoms with Gasteiger partial charge >= 0.3 is 6.03 Å². The lowest BCUT2D eigenvalue weighted by Gasteiger charge is -2.43. The molecule has 0 aliphatic carbocycles. The summed E-state index contributed by atoms with van der Waals surface area (Å²) in [7, 11) is 0. The topological polar surface area (TPSA) is 76.2 Å². The van der Waals surface area contributed by atoms with E-state index >= 15 is 0 Å². The van der Waals surface area contributed by atoms with Crippen molar-refractivity contribution in [3.8, 4) is 0 Å². The largest absolute Gasteiger partial charge is 0.341 e. The maximum atomic E-state index is 13.9. The van der Waals surface area contributed by atoms with Crippen LogP contribution in [0.4, 0.5) is 16.2 Å². The van der Waals surface area contributed by atoms with Gasteiger partial charge in [-0.25, -0.2) is 4.79 Å². The molecule has 37 heavy (non-hydrogen) atoms. The van der Waals surface area contributed by atoms with Crippen molar-refractivity contribution in [1.29, 1.82) is 0 Å². The van der Waals surface area contributed by atoms with Gasteiger partial charge in [0.15, 0.2) is 0 Å². The molecule has 4 amide bonds. The van der Waals surface area contributed by atoms with Gasteiger partial charge in [-0.05, 0) is 68.4 Å². The van der Waals surface area contributed by atoms with Gasteiger partial charge in [-0.1, -0.05) is 37.3 Å². The highest BCUT2D eigenvalue weighted by molar-refractivity contribution is 5.97. The van der Waals surface area contributed by atoms with Gasteiger partial charge in [0.2, 0.25) is 5.91 Å². The highest BCUT2D eigenvalue weighted by Gasteiger charge is 2.54. The zero-order valence-electron chi connectivity index (χ0n) is 21.7. The normalized spacial score (nSPS) is 19.4. The van der Waals surface area contributed by atoms with Crippen LogP contribution in [-0.4, -0.2) is 77.5 Å². The van der Waals surface area contributed by atoms with E-state index < -0.39 is 5.54 Å². The van der Waals surface area contributed by atoms with Gasteiger partial charge < -0.3 is 24.9 Å². The lowest BCUT2D eigenvalue weighted by atomic mass is 9.85. The number of benzene rings is 2. The van der Waals surface area contributed by atoms with E-state index in [4.69, 9.17) is 0 Å². The monoisotopic (exact) mass is 503 g/mol. The molecule has 8 nitrogen and oxygen atoms in total. The van der Waals surface area contributed by atoms with Crippen LogP contribution < -0.4 is 10.2 Å². The number of amides is 4. The average molecular weight is 504 g/mol. The van der Waals surface area contributed by atoms with Crippen molar-refractivity contribution < 1.29 is 14.4 Å². The number of para-hydroxylation sites is 1. The van der Waals surface area contributed by atoms with E-state index in [1.165, 1.54) is 5.56 Å². The van der Waals surface area contributed by atoms with Gasteiger partial charge in [-0.15, -0.1) is 0 Å². The number of carbonyl (C=O) groups excluding carboxylic acids is 3. The summed E-state index contributed by atoms with van der Waals surface area (Å²) in [5.41, 5.74) is 2.22. The van der Waals surface area contributed by atoms with Crippen molar-refractivity contribution in [3.05, 3.63) is 60.2 Å². The maximum absolute atomic E-state index is 13.9. The Hall–Kier alpha value is -3.55. The number of carbonyl (C=O) groups is 3. The molecule has 3 saturated heterocycles. The van der Waals surface area contributed by atoms with E-state index in [0.717, 1.165) is 50.1 Å². The van der Waals surface area contributed by atoms with E-state index in [-0.39, 0.29) is 24.4 Å². The number of piperidine rings is 2. The van der Waals surface area contributed by atoms with Gasteiger partial charge in [-0.3, -0.25) is 9.59 Å². The van der Waals surface area contributed by atoms with Crippen molar-refractivity contribution >= 4 is 29.2 Å². The summed E-state index contributed by atoms with van der Waals surface area (Å²) >= 11 is 0. The summed E-state index contributed by atoms with van der Waals surface area (Å²) in [6, 6.07) is 17.7. The fourth-order valence-electron chi connectivity index (χ4n) is 5.83. The summed E-state index contributed by atoms with van der Waals surface area (Å²) in [5, 5.41) is 3.00. The summed E-state index contributed by atoms with van der Waals surface area (Å²) in [6.45, 7) is 5.11. The van der Waals surface area contributed by atoms with Crippen LogP contribution in [0.15, 0.2) is 54.6 Å². The van der Waals surface area contributed by atoms with Crippen LogP contribution in [0.25, 0.3) is 0 Å². The van der Waals surface area contributed by atoms with Gasteiger partial charge in [0.25, 0.3) is 5.91 Å². The predicted octanol–water partition coefficient (Wildman–Crippen LogP) is 3.93. The first kappa shape index (κ1) is 25.1. The van der Waals surface area contributed by atoms with Crippen LogP contribution in [0.1, 0.15) is 44.6 Å². The van der Waals surface area contributed by atoms with Crippen LogP contribution in [0.3, 0.4) is 0 Å². The molecule has 196 valence electrons. The SMILES string of the molecule is CCc1ccc(NC(=O)N2CCC3(CC2)C(=O)N(CC(=O)N2CCCCC2)CN3c2ccccc2)cc1. The highest BCUT2D eigenvalue weighted by Crippen LogP contribution is 2.39. The Bertz CT molecular complexity index is 1110. The van der Waals surface area contributed by atoms with Crippen LogP contribution in [0.2, 0.25) is 0 Å². The molecule has 0 aromatic heterocycles. The molecule has 2 aromatic rings. The Balaban J connectivity index is 1.29. The zero-order valence-corrected chi connectivity index (χ0v) is 21.7. The molecule has 0 unspecified atom stereocenters. The minimum atomic E-state index is -0.747. The maximum Gasteiger partial charge on any atom is 0.321 e. The van der Waals surface area contributed by atoms with Crippen LogP contribution in [0.5, 0.6) is 0 Å². The number of hydrogen-bond acceptors (Lipinski definition) is 4. The third-order valence-electron chi connectivity index (χ3n) is 8.11. The second kappa shape index (κ2) is 10.8. The zero-order chi connectivity index (χ0) is 25.8. The molecule has 3 aliphatic heterocycles. The Morgan fingerprint density at radius 3 is 2.19 bits per heavy atom. The number of rotatable bonds is 5. The smallest absolute Gasteiger partial charge is 0.321 e. The van der Waals surface area contributed by atoms with Crippen molar-refractivity contribution in [2.75, 3.05) is 49.6 Å². The standard InChI is InChI=1S/C29H37N5O3/c1-2-23-11-13-24(14-12-23)30-28(37)32-19-15-29(16-20-32)27(36)33(21-26(35)31-17-7-4-8-18-31)22-34(29)25-9-5-3-6-10-25/h3,5-6,9-14H,2,4,7-8,15-22H2,1H3,(H,30,37). The molecule has 2 aromatic carbocycles. The average Bonchev–Trinajstić information content (AvgIpc) is 3.20. The summed E-state index contributed by atoms with van der Waals surface area (Å²) in [4.78, 5) is 47.5. The number of nitrogens with one attached hydrogen (secondary N) is 1. The third-order valence-corrected chi connectivity index (χ3v) is 8.11. The van der Waals surface area contributed by atoms with Gasteiger partial charge in [0.05, 0.1) is 6.67 Å². The summed E-state index contributed by atoms with van der Waals surface area (Å²) in [5.74, 6) is 0.0287. The number of likely N-dealkylation sites (tertiary alicyclic amines) is 2. The molecule has 1 N–H and O–H groups in total. The van der Waals surface area contributed by atoms with Gasteiger partial charge in [-0.2, -0.15) is 0 Å². The molecule has 1 spiro atoms. The molecule has 5 rings (SSSR count). The van der Waals surface area contributed by atoms with E-state index in [0.29, 0.717) is 32.6 Å². The first-order valence-corrected chi connectivity index (χ1v) is 13.5. The van der Waals surface area contributed by atoms with E-state index in [9.17, 15) is 14.4 Å². The second-order valence-corrected chi connectivity index (χ2v) is 10.3. The molecule has 0 bridgehead atoms. The first-order valence-electron chi connectivity index (χ1n) is 13.5. The molecule has 3 aliphatic rings. The first-order chi connectivity index (χ1) is 18.0. The molecule has 3 fully saturated rings. The lowest BCUT2D eigenvalue weighted by molar-refractivity contribution is -0.141. The molecule has 3 heterocycles. The quantitative estimate of drug-likeness (QED) is 0.671. The summed E-state index contributed by atoms with van der Waals surface area (Å²) < 4.78 is 0. The molecular formula is C29H37N5O3. The van der Waals surface area contributed by atoms with Crippen LogP contribution in [-0.2, 0) is 16.0 Å². The fraction of sp³-hybridized carbons (Fsp3) is 0.483. The van der Waals surface area contributed by atoms with E-state index in [1.54, 1.807) is 9.80 Å². The molecule has 0 radical (unpaired) electrons. The number of hydrogen-bond donors (Lipinski definition) is 1. The van der Waals surface area contributed by atoms with Gasteiger partial charge in [0.1, 0.15) is 12.1 Å². The highest BCUT2D eigenvalue weighted by atomic mass is 16.2. The Morgan fingerprint density at radius 1 is 0.865 bits per heavy atom. The summed E-state index contributed by atoms with van der Waals surface area (Å²) in [6.07, 6.45) is 5.22. The van der Waals surface area contributed by atoms with Crippen molar-refractivity contribution in [2.24, 2.45) is 0 Å². The van der Waals surface area contributed by atoms with E-state index in [1.807, 2.05) is 59.5 Å². The number of anilines is 2. The van der Waals surface area contributed by atoms with Crippen molar-refractivity contribution in [1.82, 2.24) is 14.7 Å². The Labute approximate surface area is 219 Å². The minimum absolute atomic E-state index is 0.00285. The minimum Gasteiger partial charge on any atom is -0.341 e. The van der Waals surface area contributed by atoms with Crippen molar-refractivity contribution in [2.45, 2.75) is 51.0 Å². The molecular weight excluding hydrogens is 466 g/mol. The molecule has 8 heteroatoms. The Morgan fingerprint density at radius 2 is 1.54 bits per heavy atom. The van der Waals surface area contributed by atoms with Gasteiger partial charge in [0, 0.05) is 37.6 Å². The van der Waals surface area contributed by atoms with Crippen LogP contribution in [0, 0.1) is 0 Å². The fourth-order valence-corrected chi connectivity index (χ4v) is 5.83. The van der Waals surface area contributed by atoms with E-state index in [2.05, 4.69) is 17.1 Å². The molecule has 0 atom stereocenters.